The maximum Gasteiger partial charge on any atom is 0.331 e. The van der Waals surface area contributed by atoms with Gasteiger partial charge in [-0.1, -0.05) is 84.9 Å². The normalized spacial score (nSPS) is 15.5. The number of carboxylic acid groups (broad SMARTS) is 1. The van der Waals surface area contributed by atoms with E-state index >= 15 is 0 Å². The van der Waals surface area contributed by atoms with Crippen LogP contribution in [0.25, 0.3) is 0 Å². The van der Waals surface area contributed by atoms with Crippen LogP contribution < -0.4 is 16.0 Å². The average Bonchev–Trinajstić information content (AvgIpc) is 2.71. The molecule has 0 spiro atoms. The third-order valence-corrected chi connectivity index (χ3v) is 6.00. The van der Waals surface area contributed by atoms with Gasteiger partial charge in [0, 0.05) is 11.0 Å². The summed E-state index contributed by atoms with van der Waals surface area (Å²) in [6.45, 7) is 14.9. The predicted octanol–water partition coefficient (Wildman–Crippen LogP) is 3.25. The summed E-state index contributed by atoms with van der Waals surface area (Å²) in [5, 5.41) is 18.2. The van der Waals surface area contributed by atoms with Crippen molar-refractivity contribution in [3.8, 4) is 0 Å². The minimum atomic E-state index is -1.03. The molecule has 33 heavy (non-hydrogen) atoms. The predicted molar refractivity (Wildman–Crippen MR) is 132 cm³/mol. The van der Waals surface area contributed by atoms with Crippen LogP contribution in [0.5, 0.6) is 0 Å². The smallest absolute Gasteiger partial charge is 0.331 e. The summed E-state index contributed by atoms with van der Waals surface area (Å²) < 4.78 is 0. The summed E-state index contributed by atoms with van der Waals surface area (Å²) in [6.07, 6.45) is 1.54. The van der Waals surface area contributed by atoms with E-state index in [1.165, 1.54) is 6.92 Å². The molecular weight excluding hydrogens is 418 g/mol. The minimum absolute atomic E-state index is 0.0263. The van der Waals surface area contributed by atoms with Crippen LogP contribution in [0, 0.1) is 11.3 Å². The van der Waals surface area contributed by atoms with Crippen LogP contribution in [0.3, 0.4) is 0 Å². The van der Waals surface area contributed by atoms with Crippen LogP contribution in [0.4, 0.5) is 0 Å². The largest absolute Gasteiger partial charge is 0.478 e. The number of carboxylic acids is 1. The van der Waals surface area contributed by atoms with Gasteiger partial charge >= 0.3 is 5.97 Å². The van der Waals surface area contributed by atoms with Crippen LogP contribution >= 0.6 is 0 Å². The van der Waals surface area contributed by atoms with Crippen molar-refractivity contribution in [3.05, 3.63) is 47.5 Å². The summed E-state index contributed by atoms with van der Waals surface area (Å²) in [7, 11) is 1.73. The highest BCUT2D eigenvalue weighted by molar-refractivity contribution is 5.91. The van der Waals surface area contributed by atoms with E-state index in [9.17, 15) is 19.5 Å². The van der Waals surface area contributed by atoms with Crippen molar-refractivity contribution >= 4 is 17.8 Å². The molecule has 3 atom stereocenters. The van der Waals surface area contributed by atoms with Gasteiger partial charge < -0.3 is 21.1 Å². The number of likely N-dealkylation sites (N-methyl/N-ethyl adjacent to an activating group) is 1. The second-order valence-corrected chi connectivity index (χ2v) is 10.6. The fourth-order valence-corrected chi connectivity index (χ4v) is 3.74. The Morgan fingerprint density at radius 2 is 1.42 bits per heavy atom. The van der Waals surface area contributed by atoms with E-state index in [-0.39, 0.29) is 23.3 Å². The second kappa shape index (κ2) is 11.5. The van der Waals surface area contributed by atoms with Crippen molar-refractivity contribution in [1.29, 1.82) is 0 Å². The van der Waals surface area contributed by atoms with Crippen LogP contribution in [-0.4, -0.2) is 48.1 Å². The standard InChI is InChI=1S/C26H41N3O4/c1-16(2)19(15-17(3)24(32)33)28-22(30)20(25(4,5)6)29-23(31)21(27-9)26(7,8)18-13-11-10-12-14-18/h10-16,19-21,27H,1-9H3,(H,28,30)(H,29,31)(H,32,33)/t19?,20-,21-/m1/s1. The van der Waals surface area contributed by atoms with E-state index in [0.717, 1.165) is 5.56 Å². The third-order valence-electron chi connectivity index (χ3n) is 6.00. The van der Waals surface area contributed by atoms with E-state index in [1.54, 1.807) is 13.1 Å². The number of aliphatic carboxylic acids is 1. The molecule has 0 bridgehead atoms. The molecule has 1 unspecified atom stereocenters. The van der Waals surface area contributed by atoms with Crippen molar-refractivity contribution < 1.29 is 19.5 Å². The molecule has 0 radical (unpaired) electrons. The van der Waals surface area contributed by atoms with Gasteiger partial charge in [0.1, 0.15) is 6.04 Å². The molecule has 184 valence electrons. The molecule has 7 heteroatoms. The zero-order chi connectivity index (χ0) is 25.6. The van der Waals surface area contributed by atoms with Gasteiger partial charge in [0.15, 0.2) is 0 Å². The molecule has 1 aromatic carbocycles. The summed E-state index contributed by atoms with van der Waals surface area (Å²) in [6, 6.07) is 7.90. The maximum atomic E-state index is 13.4. The van der Waals surface area contributed by atoms with E-state index in [0.29, 0.717) is 0 Å². The Labute approximate surface area is 198 Å². The van der Waals surface area contributed by atoms with Crippen molar-refractivity contribution in [2.45, 2.75) is 78.9 Å². The monoisotopic (exact) mass is 459 g/mol. The summed E-state index contributed by atoms with van der Waals surface area (Å²) >= 11 is 0. The lowest BCUT2D eigenvalue weighted by Crippen LogP contribution is -2.61. The van der Waals surface area contributed by atoms with E-state index in [1.807, 2.05) is 78.8 Å². The first-order chi connectivity index (χ1) is 15.1. The van der Waals surface area contributed by atoms with Gasteiger partial charge in [-0.2, -0.15) is 0 Å². The van der Waals surface area contributed by atoms with Crippen LogP contribution in [-0.2, 0) is 19.8 Å². The number of hydrogen-bond acceptors (Lipinski definition) is 4. The molecule has 0 aromatic heterocycles. The van der Waals surface area contributed by atoms with Gasteiger partial charge in [0.05, 0.1) is 12.1 Å². The number of carbonyl (C=O) groups is 3. The average molecular weight is 460 g/mol. The molecule has 7 nitrogen and oxygen atoms in total. The lowest BCUT2D eigenvalue weighted by Gasteiger charge is -2.37. The van der Waals surface area contributed by atoms with Crippen molar-refractivity contribution in [3.63, 3.8) is 0 Å². The Morgan fingerprint density at radius 1 is 0.909 bits per heavy atom. The number of carbonyl (C=O) groups excluding carboxylic acids is 2. The van der Waals surface area contributed by atoms with Gasteiger partial charge in [-0.3, -0.25) is 9.59 Å². The van der Waals surface area contributed by atoms with Crippen molar-refractivity contribution in [2.75, 3.05) is 7.05 Å². The Morgan fingerprint density at radius 3 is 1.85 bits per heavy atom. The molecule has 0 heterocycles. The lowest BCUT2D eigenvalue weighted by molar-refractivity contribution is -0.133. The zero-order valence-electron chi connectivity index (χ0n) is 21.4. The SMILES string of the molecule is CN[C@H](C(=O)N[C@H](C(=O)NC(C=C(C)C(=O)O)C(C)C)C(C)(C)C)C(C)(C)c1ccccc1. The van der Waals surface area contributed by atoms with E-state index in [2.05, 4.69) is 16.0 Å². The number of benzene rings is 1. The summed E-state index contributed by atoms with van der Waals surface area (Å²) in [5.74, 6) is -1.69. The quantitative estimate of drug-likeness (QED) is 0.402. The first-order valence-corrected chi connectivity index (χ1v) is 11.4. The topological polar surface area (TPSA) is 108 Å². The Bertz CT molecular complexity index is 854. The number of rotatable bonds is 10. The molecule has 0 saturated carbocycles. The molecule has 2 amide bonds. The number of hydrogen-bond donors (Lipinski definition) is 4. The van der Waals surface area contributed by atoms with Gasteiger partial charge in [-0.05, 0) is 30.9 Å². The summed E-state index contributed by atoms with van der Waals surface area (Å²) in [5.41, 5.74) is 0.0682. The highest BCUT2D eigenvalue weighted by Gasteiger charge is 2.40. The fourth-order valence-electron chi connectivity index (χ4n) is 3.74. The molecule has 1 aromatic rings. The van der Waals surface area contributed by atoms with Crippen LogP contribution in [0.2, 0.25) is 0 Å². The maximum absolute atomic E-state index is 13.4. The van der Waals surface area contributed by atoms with Crippen LogP contribution in [0.15, 0.2) is 42.0 Å². The summed E-state index contributed by atoms with van der Waals surface area (Å²) in [4.78, 5) is 38.0. The Hall–Kier alpha value is -2.67. The molecule has 4 N–H and O–H groups in total. The first kappa shape index (κ1) is 28.4. The Kier molecular flexibility index (Phi) is 9.85. The van der Waals surface area contributed by atoms with Crippen molar-refractivity contribution in [1.82, 2.24) is 16.0 Å². The van der Waals surface area contributed by atoms with Gasteiger partial charge in [0.25, 0.3) is 0 Å². The molecule has 1 rings (SSSR count). The fraction of sp³-hybridized carbons (Fsp3) is 0.577. The molecular formula is C26H41N3O4. The number of nitrogens with one attached hydrogen (secondary N) is 3. The lowest BCUT2D eigenvalue weighted by atomic mass is 9.76. The first-order valence-electron chi connectivity index (χ1n) is 11.4. The minimum Gasteiger partial charge on any atom is -0.478 e. The van der Waals surface area contributed by atoms with E-state index in [4.69, 9.17) is 0 Å². The third kappa shape index (κ3) is 7.70. The number of amides is 2. The molecule has 0 saturated heterocycles. The molecule has 0 aliphatic heterocycles. The molecule has 0 aliphatic rings. The highest BCUT2D eigenvalue weighted by Crippen LogP contribution is 2.28. The Balaban J connectivity index is 3.18. The van der Waals surface area contributed by atoms with Gasteiger partial charge in [-0.25, -0.2) is 4.79 Å². The highest BCUT2D eigenvalue weighted by atomic mass is 16.4. The van der Waals surface area contributed by atoms with Gasteiger partial charge in [0.2, 0.25) is 11.8 Å². The molecule has 0 fully saturated rings. The van der Waals surface area contributed by atoms with Gasteiger partial charge in [-0.15, -0.1) is 0 Å². The molecule has 0 aliphatic carbocycles. The second-order valence-electron chi connectivity index (χ2n) is 10.6. The zero-order valence-corrected chi connectivity index (χ0v) is 21.4. The van der Waals surface area contributed by atoms with Crippen LogP contribution in [0.1, 0.15) is 61.0 Å². The van der Waals surface area contributed by atoms with E-state index < -0.39 is 34.9 Å². The van der Waals surface area contributed by atoms with Crippen molar-refractivity contribution in [2.24, 2.45) is 11.3 Å².